The van der Waals surface area contributed by atoms with Gasteiger partial charge in [0.15, 0.2) is 0 Å². The number of hydrogen-bond donors (Lipinski definition) is 0. The molecule has 1 aromatic carbocycles. The van der Waals surface area contributed by atoms with E-state index in [4.69, 9.17) is 9.47 Å². The van der Waals surface area contributed by atoms with E-state index in [0.717, 1.165) is 18.0 Å². The molecule has 0 bridgehead atoms. The fraction of sp³-hybridized carbons (Fsp3) is 0.611. The second-order valence-corrected chi connectivity index (χ2v) is 6.94. The maximum Gasteiger partial charge on any atom is 0.434 e. The second kappa shape index (κ2) is 8.88. The van der Waals surface area contributed by atoms with Crippen molar-refractivity contribution in [1.29, 1.82) is 0 Å². The van der Waals surface area contributed by atoms with Crippen LogP contribution in [0.25, 0.3) is 0 Å². The van der Waals surface area contributed by atoms with E-state index in [9.17, 15) is 31.1 Å². The molecule has 6 nitrogen and oxygen atoms in total. The zero-order chi connectivity index (χ0) is 21.9. The van der Waals surface area contributed by atoms with Crippen LogP contribution in [0.2, 0.25) is 0 Å². The Morgan fingerprint density at radius 1 is 1.03 bits per heavy atom. The summed E-state index contributed by atoms with van der Waals surface area (Å²) < 4.78 is 90.2. The molecule has 1 amide bonds. The van der Waals surface area contributed by atoms with Gasteiger partial charge in [0.2, 0.25) is 0 Å². The summed E-state index contributed by atoms with van der Waals surface area (Å²) in [5, 5.41) is 0. The number of nitrogens with zero attached hydrogens (tertiary/aromatic N) is 2. The lowest BCUT2D eigenvalue weighted by Gasteiger charge is -2.26. The van der Waals surface area contributed by atoms with Crippen molar-refractivity contribution >= 4 is 6.09 Å². The molecule has 0 aliphatic carbocycles. The quantitative estimate of drug-likeness (QED) is 0.655. The van der Waals surface area contributed by atoms with Gasteiger partial charge in [0.05, 0.1) is 13.2 Å². The summed E-state index contributed by atoms with van der Waals surface area (Å²) in [5.74, 6) is 0.501. The van der Waals surface area contributed by atoms with Crippen molar-refractivity contribution in [3.8, 4) is 5.75 Å². The van der Waals surface area contributed by atoms with Crippen LogP contribution < -0.4 is 4.74 Å². The van der Waals surface area contributed by atoms with Crippen molar-refractivity contribution in [2.75, 3.05) is 39.5 Å². The molecular formula is C18H20F6N2O4. The van der Waals surface area contributed by atoms with Gasteiger partial charge in [-0.25, -0.2) is 4.79 Å². The molecule has 0 radical (unpaired) electrons. The summed E-state index contributed by atoms with van der Waals surface area (Å²) in [6.45, 7) is 3.71. The van der Waals surface area contributed by atoms with Gasteiger partial charge < -0.3 is 14.2 Å². The highest BCUT2D eigenvalue weighted by atomic mass is 19.4. The van der Waals surface area contributed by atoms with Crippen LogP contribution in [-0.2, 0) is 22.6 Å². The third-order valence-corrected chi connectivity index (χ3v) is 4.75. The normalized spacial score (nSPS) is 17.9. The Morgan fingerprint density at radius 2 is 1.67 bits per heavy atom. The number of morpholine rings is 1. The Bertz CT molecular complexity index is 735. The van der Waals surface area contributed by atoms with E-state index in [2.05, 4.69) is 9.64 Å². The average molecular weight is 442 g/mol. The molecular weight excluding hydrogens is 422 g/mol. The lowest BCUT2D eigenvalue weighted by atomic mass is 10.1. The van der Waals surface area contributed by atoms with Crippen molar-refractivity contribution in [2.45, 2.75) is 31.5 Å². The van der Waals surface area contributed by atoms with Crippen LogP contribution in [-0.4, -0.2) is 73.8 Å². The maximum atomic E-state index is 12.6. The fourth-order valence-corrected chi connectivity index (χ4v) is 3.20. The first-order chi connectivity index (χ1) is 14.0. The van der Waals surface area contributed by atoms with Crippen molar-refractivity contribution in [2.24, 2.45) is 0 Å². The molecule has 168 valence electrons. The standard InChI is InChI=1S/C18H20F6N2O4/c19-17(20,21)15(18(22,23)24)30-16(27)26-10-12-1-2-14(9-13(12)11-26)29-8-5-25-3-6-28-7-4-25/h1-2,9,15H,3-8,10-11H2. The number of ether oxygens (including phenoxy) is 3. The molecule has 30 heavy (non-hydrogen) atoms. The molecule has 0 N–H and O–H groups in total. The molecule has 2 aliphatic rings. The van der Waals surface area contributed by atoms with E-state index in [1.54, 1.807) is 18.2 Å². The first-order valence-corrected chi connectivity index (χ1v) is 9.18. The monoisotopic (exact) mass is 442 g/mol. The van der Waals surface area contributed by atoms with Gasteiger partial charge in [-0.2, -0.15) is 26.3 Å². The van der Waals surface area contributed by atoms with Crippen LogP contribution in [0.3, 0.4) is 0 Å². The molecule has 1 aromatic rings. The third kappa shape index (κ3) is 5.69. The highest BCUT2D eigenvalue weighted by Crippen LogP contribution is 2.37. The number of halogens is 6. The number of carbonyl (C=O) groups is 1. The number of carbonyl (C=O) groups excluding carboxylic acids is 1. The largest absolute Gasteiger partial charge is 0.492 e. The Hall–Kier alpha value is -2.21. The zero-order valence-electron chi connectivity index (χ0n) is 15.8. The summed E-state index contributed by atoms with van der Waals surface area (Å²) in [5.41, 5.74) is 1.18. The van der Waals surface area contributed by atoms with Gasteiger partial charge in [-0.15, -0.1) is 0 Å². The number of alkyl halides is 6. The van der Waals surface area contributed by atoms with Gasteiger partial charge >= 0.3 is 18.4 Å². The van der Waals surface area contributed by atoms with Crippen LogP contribution in [0.5, 0.6) is 5.75 Å². The first kappa shape index (κ1) is 22.5. The van der Waals surface area contributed by atoms with Gasteiger partial charge in [0.25, 0.3) is 6.10 Å². The summed E-state index contributed by atoms with van der Waals surface area (Å²) >= 11 is 0. The van der Waals surface area contributed by atoms with Crippen LogP contribution in [0.1, 0.15) is 11.1 Å². The predicted octanol–water partition coefficient (Wildman–Crippen LogP) is 3.34. The van der Waals surface area contributed by atoms with Gasteiger partial charge in [-0.1, -0.05) is 6.07 Å². The van der Waals surface area contributed by atoms with Crippen molar-refractivity contribution < 1.29 is 45.3 Å². The van der Waals surface area contributed by atoms with Gasteiger partial charge in [0, 0.05) is 32.7 Å². The fourth-order valence-electron chi connectivity index (χ4n) is 3.20. The molecule has 2 aliphatic heterocycles. The molecule has 0 spiro atoms. The average Bonchev–Trinajstić information content (AvgIpc) is 3.08. The molecule has 0 unspecified atom stereocenters. The van der Waals surface area contributed by atoms with Crippen LogP contribution >= 0.6 is 0 Å². The van der Waals surface area contributed by atoms with E-state index in [1.807, 2.05) is 0 Å². The molecule has 12 heteroatoms. The number of benzene rings is 1. The van der Waals surface area contributed by atoms with Crippen LogP contribution in [0.15, 0.2) is 18.2 Å². The van der Waals surface area contributed by atoms with E-state index in [0.29, 0.717) is 43.2 Å². The molecule has 1 fully saturated rings. The topological polar surface area (TPSA) is 51.2 Å². The molecule has 0 aromatic heterocycles. The highest BCUT2D eigenvalue weighted by molar-refractivity contribution is 5.69. The Balaban J connectivity index is 1.55. The van der Waals surface area contributed by atoms with Crippen LogP contribution in [0.4, 0.5) is 31.1 Å². The van der Waals surface area contributed by atoms with Crippen molar-refractivity contribution in [1.82, 2.24) is 9.80 Å². The van der Waals surface area contributed by atoms with Crippen molar-refractivity contribution in [3.63, 3.8) is 0 Å². The van der Waals surface area contributed by atoms with E-state index in [1.165, 1.54) is 0 Å². The number of amides is 1. The number of hydrogen-bond acceptors (Lipinski definition) is 5. The summed E-state index contributed by atoms with van der Waals surface area (Å²) in [6, 6.07) is 4.88. The molecule has 0 atom stereocenters. The van der Waals surface area contributed by atoms with Gasteiger partial charge in [-0.3, -0.25) is 9.80 Å². The van der Waals surface area contributed by atoms with Gasteiger partial charge in [0.1, 0.15) is 12.4 Å². The smallest absolute Gasteiger partial charge is 0.434 e. The Labute approximate surface area is 168 Å². The van der Waals surface area contributed by atoms with E-state index >= 15 is 0 Å². The van der Waals surface area contributed by atoms with Gasteiger partial charge in [-0.05, 0) is 23.3 Å². The number of rotatable bonds is 5. The summed E-state index contributed by atoms with van der Waals surface area (Å²) in [6.07, 6.45) is -17.3. The third-order valence-electron chi connectivity index (χ3n) is 4.75. The maximum absolute atomic E-state index is 12.6. The minimum atomic E-state index is -5.75. The minimum absolute atomic E-state index is 0.148. The van der Waals surface area contributed by atoms with E-state index in [-0.39, 0.29) is 13.1 Å². The zero-order valence-corrected chi connectivity index (χ0v) is 15.8. The van der Waals surface area contributed by atoms with Crippen molar-refractivity contribution in [3.05, 3.63) is 29.3 Å². The van der Waals surface area contributed by atoms with Crippen LogP contribution in [0, 0.1) is 0 Å². The van der Waals surface area contributed by atoms with E-state index < -0.39 is 24.5 Å². The molecule has 3 rings (SSSR count). The summed E-state index contributed by atoms with van der Waals surface area (Å²) in [4.78, 5) is 14.9. The molecule has 0 saturated carbocycles. The summed E-state index contributed by atoms with van der Waals surface area (Å²) in [7, 11) is 0. The lowest BCUT2D eigenvalue weighted by Crippen LogP contribution is -2.47. The highest BCUT2D eigenvalue weighted by Gasteiger charge is 2.60. The molecule has 1 saturated heterocycles. The second-order valence-electron chi connectivity index (χ2n) is 6.94. The minimum Gasteiger partial charge on any atom is -0.492 e. The lowest BCUT2D eigenvalue weighted by molar-refractivity contribution is -0.308. The number of fused-ring (bicyclic) bond motifs is 1. The Morgan fingerprint density at radius 3 is 2.30 bits per heavy atom. The molecule has 2 heterocycles. The predicted molar refractivity (Wildman–Crippen MR) is 90.8 cm³/mol. The SMILES string of the molecule is O=C(OC(C(F)(F)F)C(F)(F)F)N1Cc2ccc(OCCN3CCOCC3)cc2C1. The first-order valence-electron chi connectivity index (χ1n) is 9.18. The Kier molecular flexibility index (Phi) is 6.65.